The second-order valence-corrected chi connectivity index (χ2v) is 8.09. The number of hydrogen-bond acceptors (Lipinski definition) is 5. The van der Waals surface area contributed by atoms with Crippen molar-refractivity contribution in [2.45, 2.75) is 72.4 Å². The molecular weight excluding hydrogens is 346 g/mol. The number of rotatable bonds is 10. The van der Waals surface area contributed by atoms with E-state index >= 15 is 0 Å². The van der Waals surface area contributed by atoms with Crippen LogP contribution < -0.4 is 10.7 Å². The van der Waals surface area contributed by atoms with Crippen LogP contribution in [-0.4, -0.2) is 35.5 Å². The molecule has 1 aliphatic heterocycles. The lowest BCUT2D eigenvalue weighted by atomic mass is 9.64. The number of nitrogens with zero attached hydrogens (tertiary/aromatic N) is 2. The molecule has 1 unspecified atom stereocenters. The molecule has 28 heavy (non-hydrogen) atoms. The molecule has 1 aromatic rings. The van der Waals surface area contributed by atoms with Gasteiger partial charge in [0.1, 0.15) is 0 Å². The Morgan fingerprint density at radius 3 is 2.86 bits per heavy atom. The van der Waals surface area contributed by atoms with Crippen LogP contribution in [0.4, 0.5) is 0 Å². The Balaban J connectivity index is 2.14. The summed E-state index contributed by atoms with van der Waals surface area (Å²) in [5, 5.41) is 16.9. The van der Waals surface area contributed by atoms with E-state index in [1.54, 1.807) is 6.21 Å². The van der Waals surface area contributed by atoms with Gasteiger partial charge in [0, 0.05) is 28.9 Å². The van der Waals surface area contributed by atoms with Gasteiger partial charge in [-0.25, -0.2) is 0 Å². The van der Waals surface area contributed by atoms with E-state index < -0.39 is 0 Å². The molecule has 0 spiro atoms. The fraction of sp³-hybridized carbons (Fsp3) is 0.609. The zero-order chi connectivity index (χ0) is 20.6. The van der Waals surface area contributed by atoms with Crippen LogP contribution in [0.3, 0.4) is 0 Å². The second-order valence-electron chi connectivity index (χ2n) is 8.09. The van der Waals surface area contributed by atoms with Gasteiger partial charge in [0.25, 0.3) is 0 Å². The monoisotopic (exact) mass is 383 g/mol. The maximum absolute atomic E-state index is 8.83. The van der Waals surface area contributed by atoms with Gasteiger partial charge >= 0.3 is 0 Å². The number of hydrogen-bond donors (Lipinski definition) is 3. The van der Waals surface area contributed by atoms with Crippen LogP contribution >= 0.6 is 0 Å². The fourth-order valence-corrected chi connectivity index (χ4v) is 4.35. The summed E-state index contributed by atoms with van der Waals surface area (Å²) in [6.45, 7) is 11.7. The molecule has 0 amide bonds. The van der Waals surface area contributed by atoms with Crippen molar-refractivity contribution in [2.75, 3.05) is 6.54 Å². The highest BCUT2D eigenvalue weighted by Crippen LogP contribution is 2.41. The topological polar surface area (TPSA) is 73.2 Å². The zero-order valence-corrected chi connectivity index (χ0v) is 18.1. The molecule has 0 aromatic carbocycles. The summed E-state index contributed by atoms with van der Waals surface area (Å²) < 4.78 is 0. The minimum Gasteiger partial charge on any atom is -0.314 e. The average Bonchev–Trinajstić information content (AvgIpc) is 3.18. The molecule has 1 saturated heterocycles. The standard InChI is InChI=1S/C23H37N5/c1-6-10-22(24)23(7-2,15-20-13-9-14-25-20)18(4)19(5)28-26-16-21-12-8-11-17(3)27-21/h6,8,10-12,16,18-20,24-25,28H,7,9,13-15H2,1-5H3/b10-6-,24-22?,26-16+/t18-,19-,20?,23+/m1/s1. The number of hydrazone groups is 1. The Kier molecular flexibility index (Phi) is 8.36. The molecule has 1 fully saturated rings. The molecule has 4 atom stereocenters. The van der Waals surface area contributed by atoms with Crippen LogP contribution in [0.25, 0.3) is 0 Å². The highest BCUT2D eigenvalue weighted by molar-refractivity contribution is 5.97. The van der Waals surface area contributed by atoms with Crippen LogP contribution in [0.1, 0.15) is 64.8 Å². The normalized spacial score (nSPS) is 21.7. The van der Waals surface area contributed by atoms with Gasteiger partial charge in [-0.2, -0.15) is 5.10 Å². The van der Waals surface area contributed by atoms with Crippen LogP contribution in [0.2, 0.25) is 0 Å². The van der Waals surface area contributed by atoms with Crippen molar-refractivity contribution in [3.8, 4) is 0 Å². The van der Waals surface area contributed by atoms with Crippen molar-refractivity contribution in [1.29, 1.82) is 5.41 Å². The second kappa shape index (κ2) is 10.5. The molecule has 154 valence electrons. The largest absolute Gasteiger partial charge is 0.314 e. The van der Waals surface area contributed by atoms with Gasteiger partial charge in [0.15, 0.2) is 0 Å². The predicted octanol–water partition coefficient (Wildman–Crippen LogP) is 4.47. The fourth-order valence-electron chi connectivity index (χ4n) is 4.35. The average molecular weight is 384 g/mol. The van der Waals surface area contributed by atoms with E-state index in [0.717, 1.165) is 36.5 Å². The van der Waals surface area contributed by atoms with E-state index in [4.69, 9.17) is 5.41 Å². The molecule has 2 heterocycles. The minimum absolute atomic E-state index is 0.146. The Bertz CT molecular complexity index is 690. The van der Waals surface area contributed by atoms with Crippen LogP contribution in [-0.2, 0) is 0 Å². The zero-order valence-electron chi connectivity index (χ0n) is 18.1. The van der Waals surface area contributed by atoms with Crippen molar-refractivity contribution in [3.05, 3.63) is 41.7 Å². The summed E-state index contributed by atoms with van der Waals surface area (Å²) in [6, 6.07) is 6.57. The molecule has 0 radical (unpaired) electrons. The third kappa shape index (κ3) is 5.51. The van der Waals surface area contributed by atoms with Crippen LogP contribution in [0, 0.1) is 23.7 Å². The summed E-state index contributed by atoms with van der Waals surface area (Å²) >= 11 is 0. The number of aromatic nitrogens is 1. The highest BCUT2D eigenvalue weighted by Gasteiger charge is 2.42. The Morgan fingerprint density at radius 1 is 1.46 bits per heavy atom. The molecule has 1 aliphatic rings. The lowest BCUT2D eigenvalue weighted by Crippen LogP contribution is -2.47. The summed E-state index contributed by atoms with van der Waals surface area (Å²) in [5.74, 6) is 0.270. The highest BCUT2D eigenvalue weighted by atomic mass is 15.3. The van der Waals surface area contributed by atoms with E-state index in [9.17, 15) is 0 Å². The molecule has 3 N–H and O–H groups in total. The van der Waals surface area contributed by atoms with Crippen molar-refractivity contribution in [2.24, 2.45) is 16.4 Å². The maximum Gasteiger partial charge on any atom is 0.0833 e. The first kappa shape index (κ1) is 22.3. The van der Waals surface area contributed by atoms with Gasteiger partial charge < -0.3 is 16.2 Å². The predicted molar refractivity (Wildman–Crippen MR) is 119 cm³/mol. The first-order chi connectivity index (χ1) is 13.4. The van der Waals surface area contributed by atoms with Gasteiger partial charge in [0.2, 0.25) is 0 Å². The summed E-state index contributed by atoms with van der Waals surface area (Å²) in [7, 11) is 0. The van der Waals surface area contributed by atoms with Crippen LogP contribution in [0.15, 0.2) is 35.5 Å². The SMILES string of the molecule is C/C=C\C(=N)[C@@](CC)(CC1CCCN1)[C@H](C)[C@@H](C)N/N=C/c1cccc(C)n1. The quantitative estimate of drug-likeness (QED) is 0.412. The summed E-state index contributed by atoms with van der Waals surface area (Å²) in [4.78, 5) is 4.46. The third-order valence-corrected chi connectivity index (χ3v) is 6.28. The van der Waals surface area contributed by atoms with Crippen molar-refractivity contribution < 1.29 is 0 Å². The summed E-state index contributed by atoms with van der Waals surface area (Å²) in [6.07, 6.45) is 10.1. The van der Waals surface area contributed by atoms with Gasteiger partial charge in [-0.3, -0.25) is 4.98 Å². The molecule has 0 bridgehead atoms. The molecule has 5 heteroatoms. The van der Waals surface area contributed by atoms with Crippen LogP contribution in [0.5, 0.6) is 0 Å². The maximum atomic E-state index is 8.83. The van der Waals surface area contributed by atoms with Gasteiger partial charge in [0.05, 0.1) is 11.9 Å². The van der Waals surface area contributed by atoms with E-state index in [-0.39, 0.29) is 17.4 Å². The van der Waals surface area contributed by atoms with Crippen molar-refractivity contribution >= 4 is 11.9 Å². The smallest absolute Gasteiger partial charge is 0.0833 e. The third-order valence-electron chi connectivity index (χ3n) is 6.28. The Morgan fingerprint density at radius 2 is 2.25 bits per heavy atom. The Labute approximate surface area is 170 Å². The molecule has 1 aromatic heterocycles. The molecule has 0 saturated carbocycles. The summed E-state index contributed by atoms with van der Waals surface area (Å²) in [5.41, 5.74) is 5.70. The number of pyridine rings is 1. The van der Waals surface area contributed by atoms with Gasteiger partial charge in [-0.05, 0) is 77.1 Å². The first-order valence-electron chi connectivity index (χ1n) is 10.6. The molecule has 2 rings (SSSR count). The lowest BCUT2D eigenvalue weighted by molar-refractivity contribution is 0.181. The number of allylic oxidation sites excluding steroid dienone is 2. The van der Waals surface area contributed by atoms with Crippen molar-refractivity contribution in [3.63, 3.8) is 0 Å². The van der Waals surface area contributed by atoms with E-state index in [1.807, 2.05) is 44.2 Å². The van der Waals surface area contributed by atoms with E-state index in [2.05, 4.69) is 41.6 Å². The van der Waals surface area contributed by atoms with Crippen molar-refractivity contribution in [1.82, 2.24) is 15.7 Å². The van der Waals surface area contributed by atoms with Gasteiger partial charge in [-0.15, -0.1) is 0 Å². The van der Waals surface area contributed by atoms with E-state index in [1.165, 1.54) is 12.8 Å². The number of aryl methyl sites for hydroxylation is 1. The number of nitrogens with one attached hydrogen (secondary N) is 3. The lowest BCUT2D eigenvalue weighted by Gasteiger charge is -2.43. The molecule has 0 aliphatic carbocycles. The minimum atomic E-state index is -0.169. The first-order valence-corrected chi connectivity index (χ1v) is 10.6. The Hall–Kier alpha value is -2.01. The van der Waals surface area contributed by atoms with Gasteiger partial charge in [-0.1, -0.05) is 26.0 Å². The molecular formula is C23H37N5. The van der Waals surface area contributed by atoms with E-state index in [0.29, 0.717) is 6.04 Å². The molecule has 5 nitrogen and oxygen atoms in total.